The minimum absolute atomic E-state index is 0.130. The molecule has 1 aromatic rings. The van der Waals surface area contributed by atoms with Gasteiger partial charge in [0.15, 0.2) is 0 Å². The van der Waals surface area contributed by atoms with Crippen molar-refractivity contribution < 1.29 is 13.2 Å². The first kappa shape index (κ1) is 15.1. The summed E-state index contributed by atoms with van der Waals surface area (Å²) < 4.78 is 32.4. The van der Waals surface area contributed by atoms with Crippen molar-refractivity contribution in [3.63, 3.8) is 0 Å². The predicted octanol–water partition coefficient (Wildman–Crippen LogP) is 1.99. The number of anilines is 1. The van der Waals surface area contributed by atoms with Gasteiger partial charge < -0.3 is 10.5 Å². The summed E-state index contributed by atoms with van der Waals surface area (Å²) in [5, 5.41) is 0. The Labute approximate surface area is 120 Å². The molecule has 0 aliphatic heterocycles. The third-order valence-corrected chi connectivity index (χ3v) is 5.65. The van der Waals surface area contributed by atoms with E-state index in [1.807, 2.05) is 0 Å². The summed E-state index contributed by atoms with van der Waals surface area (Å²) in [6.07, 6.45) is 2.16. The van der Waals surface area contributed by atoms with Gasteiger partial charge in [-0.25, -0.2) is 13.1 Å². The molecule has 0 heterocycles. The second-order valence-electron chi connectivity index (χ2n) is 5.75. The van der Waals surface area contributed by atoms with E-state index in [9.17, 15) is 8.42 Å². The molecule has 0 unspecified atom stereocenters. The summed E-state index contributed by atoms with van der Waals surface area (Å²) in [6.45, 7) is 4.75. The number of hydrogen-bond donors (Lipinski definition) is 2. The van der Waals surface area contributed by atoms with E-state index >= 15 is 0 Å². The zero-order valence-electron chi connectivity index (χ0n) is 12.1. The van der Waals surface area contributed by atoms with Gasteiger partial charge in [-0.3, -0.25) is 0 Å². The summed E-state index contributed by atoms with van der Waals surface area (Å²) in [6, 6.07) is 4.49. The Kier molecular flexibility index (Phi) is 3.97. The number of hydrogen-bond acceptors (Lipinski definition) is 4. The van der Waals surface area contributed by atoms with Gasteiger partial charge in [0.05, 0.1) is 17.7 Å². The molecule has 3 N–H and O–H groups in total. The number of benzene rings is 1. The highest BCUT2D eigenvalue weighted by atomic mass is 32.2. The first-order valence-corrected chi connectivity index (χ1v) is 8.22. The lowest BCUT2D eigenvalue weighted by Crippen LogP contribution is -2.32. The Morgan fingerprint density at radius 2 is 2.05 bits per heavy atom. The van der Waals surface area contributed by atoms with E-state index in [2.05, 4.69) is 18.6 Å². The molecule has 0 atom stereocenters. The van der Waals surface area contributed by atoms with Gasteiger partial charge in [0.25, 0.3) is 0 Å². The molecular weight excluding hydrogens is 276 g/mol. The Balaban J connectivity index is 2.15. The molecule has 0 radical (unpaired) electrons. The molecule has 20 heavy (non-hydrogen) atoms. The van der Waals surface area contributed by atoms with Crippen LogP contribution in [0.5, 0.6) is 5.75 Å². The summed E-state index contributed by atoms with van der Waals surface area (Å²) in [4.78, 5) is 0.183. The third kappa shape index (κ3) is 2.91. The summed E-state index contributed by atoms with van der Waals surface area (Å²) in [7, 11) is -2.06. The van der Waals surface area contributed by atoms with Crippen LogP contribution in [0.3, 0.4) is 0 Å². The quantitative estimate of drug-likeness (QED) is 0.787. The Morgan fingerprint density at radius 1 is 1.40 bits per heavy atom. The molecular formula is C14H22N2O3S. The van der Waals surface area contributed by atoms with Crippen molar-refractivity contribution >= 4 is 15.7 Å². The highest BCUT2D eigenvalue weighted by molar-refractivity contribution is 7.89. The predicted molar refractivity (Wildman–Crippen MR) is 79.1 cm³/mol. The van der Waals surface area contributed by atoms with Crippen LogP contribution in [0, 0.1) is 11.3 Å². The number of ether oxygens (including phenoxy) is 1. The topological polar surface area (TPSA) is 81.4 Å². The van der Waals surface area contributed by atoms with Crippen LogP contribution < -0.4 is 15.2 Å². The van der Waals surface area contributed by atoms with Crippen LogP contribution in [-0.2, 0) is 10.0 Å². The van der Waals surface area contributed by atoms with Gasteiger partial charge in [0, 0.05) is 12.6 Å². The lowest BCUT2D eigenvalue weighted by molar-refractivity contribution is 0.357. The molecule has 112 valence electrons. The SMILES string of the molecule is COc1cc(S(=O)(=O)NCC2(C(C)C)CC2)ccc1N. The van der Waals surface area contributed by atoms with Crippen molar-refractivity contribution in [1.29, 1.82) is 0 Å². The molecule has 5 nitrogen and oxygen atoms in total. The molecule has 1 aromatic carbocycles. The lowest BCUT2D eigenvalue weighted by Gasteiger charge is -2.20. The highest BCUT2D eigenvalue weighted by Crippen LogP contribution is 2.51. The normalized spacial score (nSPS) is 17.2. The Bertz CT molecular complexity index is 592. The van der Waals surface area contributed by atoms with E-state index in [0.717, 1.165) is 12.8 Å². The van der Waals surface area contributed by atoms with Crippen molar-refractivity contribution in [2.24, 2.45) is 11.3 Å². The molecule has 1 saturated carbocycles. The minimum Gasteiger partial charge on any atom is -0.495 e. The number of sulfonamides is 1. The summed E-state index contributed by atoms with van der Waals surface area (Å²) in [5.41, 5.74) is 6.25. The molecule has 1 fully saturated rings. The van der Waals surface area contributed by atoms with Crippen LogP contribution in [0.15, 0.2) is 23.1 Å². The first-order valence-electron chi connectivity index (χ1n) is 6.74. The van der Waals surface area contributed by atoms with Gasteiger partial charge in [-0.1, -0.05) is 13.8 Å². The second kappa shape index (κ2) is 5.26. The van der Waals surface area contributed by atoms with E-state index in [1.54, 1.807) is 6.07 Å². The fraction of sp³-hybridized carbons (Fsp3) is 0.571. The van der Waals surface area contributed by atoms with E-state index in [-0.39, 0.29) is 10.3 Å². The van der Waals surface area contributed by atoms with Gasteiger partial charge in [-0.15, -0.1) is 0 Å². The molecule has 0 aromatic heterocycles. The van der Waals surface area contributed by atoms with Crippen molar-refractivity contribution in [3.05, 3.63) is 18.2 Å². The third-order valence-electron chi connectivity index (χ3n) is 4.25. The largest absolute Gasteiger partial charge is 0.495 e. The van der Waals surface area contributed by atoms with Gasteiger partial charge in [0.2, 0.25) is 10.0 Å². The van der Waals surface area contributed by atoms with E-state index in [0.29, 0.717) is 23.9 Å². The van der Waals surface area contributed by atoms with Crippen molar-refractivity contribution in [2.45, 2.75) is 31.6 Å². The summed E-state index contributed by atoms with van der Waals surface area (Å²) in [5.74, 6) is 0.851. The lowest BCUT2D eigenvalue weighted by atomic mass is 9.93. The van der Waals surface area contributed by atoms with Gasteiger partial charge in [-0.05, 0) is 36.3 Å². The van der Waals surface area contributed by atoms with Crippen molar-refractivity contribution in [1.82, 2.24) is 4.72 Å². The molecule has 1 aliphatic carbocycles. The van der Waals surface area contributed by atoms with Crippen LogP contribution in [-0.4, -0.2) is 22.1 Å². The number of nitrogens with two attached hydrogens (primary N) is 1. The van der Waals surface area contributed by atoms with Crippen LogP contribution in [0.4, 0.5) is 5.69 Å². The highest BCUT2D eigenvalue weighted by Gasteiger charge is 2.45. The van der Waals surface area contributed by atoms with Crippen LogP contribution in [0.1, 0.15) is 26.7 Å². The number of nitrogen functional groups attached to an aromatic ring is 1. The number of rotatable bonds is 6. The van der Waals surface area contributed by atoms with Crippen LogP contribution in [0.2, 0.25) is 0 Å². The average Bonchev–Trinajstić information content (AvgIpc) is 3.18. The van der Waals surface area contributed by atoms with Gasteiger partial charge in [-0.2, -0.15) is 0 Å². The maximum atomic E-state index is 12.3. The fourth-order valence-electron chi connectivity index (χ4n) is 2.30. The average molecular weight is 298 g/mol. The molecule has 1 aliphatic rings. The number of methoxy groups -OCH3 is 1. The first-order chi connectivity index (χ1) is 9.31. The standard InChI is InChI=1S/C14H22N2O3S/c1-10(2)14(6-7-14)9-16-20(17,18)11-4-5-12(15)13(8-11)19-3/h4-5,8,10,16H,6-7,9,15H2,1-3H3. The molecule has 0 bridgehead atoms. The maximum Gasteiger partial charge on any atom is 0.240 e. The van der Waals surface area contributed by atoms with Crippen LogP contribution in [0.25, 0.3) is 0 Å². The minimum atomic E-state index is -3.52. The van der Waals surface area contributed by atoms with E-state index < -0.39 is 10.0 Å². The van der Waals surface area contributed by atoms with Crippen molar-refractivity contribution in [2.75, 3.05) is 19.4 Å². The van der Waals surface area contributed by atoms with Crippen LogP contribution >= 0.6 is 0 Å². The zero-order chi connectivity index (χ0) is 15.0. The Hall–Kier alpha value is -1.27. The van der Waals surface area contributed by atoms with E-state index in [4.69, 9.17) is 10.5 Å². The summed E-state index contributed by atoms with van der Waals surface area (Å²) >= 11 is 0. The molecule has 0 amide bonds. The van der Waals surface area contributed by atoms with Crippen molar-refractivity contribution in [3.8, 4) is 5.75 Å². The fourth-order valence-corrected chi connectivity index (χ4v) is 3.45. The Morgan fingerprint density at radius 3 is 2.55 bits per heavy atom. The molecule has 2 rings (SSSR count). The zero-order valence-corrected chi connectivity index (χ0v) is 13.0. The molecule has 0 saturated heterocycles. The number of nitrogens with one attached hydrogen (secondary N) is 1. The van der Waals surface area contributed by atoms with E-state index in [1.165, 1.54) is 19.2 Å². The smallest absolute Gasteiger partial charge is 0.240 e. The second-order valence-corrected chi connectivity index (χ2v) is 7.51. The molecule has 6 heteroatoms. The monoisotopic (exact) mass is 298 g/mol. The van der Waals surface area contributed by atoms with Gasteiger partial charge >= 0.3 is 0 Å². The molecule has 0 spiro atoms. The maximum absolute atomic E-state index is 12.3. The van der Waals surface area contributed by atoms with Gasteiger partial charge in [0.1, 0.15) is 5.75 Å².